The Bertz CT molecular complexity index is 1110. The molecular formula is C22H20N2O3S. The lowest BCUT2D eigenvalue weighted by molar-refractivity contribution is 0.0181. The van der Waals surface area contributed by atoms with Crippen LogP contribution in [0.2, 0.25) is 0 Å². The zero-order valence-electron chi connectivity index (χ0n) is 15.2. The van der Waals surface area contributed by atoms with Crippen LogP contribution < -0.4 is 5.56 Å². The Morgan fingerprint density at radius 2 is 1.75 bits per heavy atom. The molecule has 28 heavy (non-hydrogen) atoms. The first-order chi connectivity index (χ1) is 13.7. The average molecular weight is 392 g/mol. The number of aliphatic hydroxyl groups is 1. The molecule has 0 radical (unpaired) electrons. The molecule has 1 atom stereocenters. The van der Waals surface area contributed by atoms with Gasteiger partial charge in [-0.3, -0.25) is 4.79 Å². The lowest BCUT2D eigenvalue weighted by Gasteiger charge is -2.14. The highest BCUT2D eigenvalue weighted by Crippen LogP contribution is 2.28. The molecule has 5 nitrogen and oxygen atoms in total. The van der Waals surface area contributed by atoms with E-state index >= 15 is 0 Å². The van der Waals surface area contributed by atoms with Gasteiger partial charge in [-0.05, 0) is 23.1 Å². The Kier molecular flexibility index (Phi) is 5.62. The molecule has 2 aromatic carbocycles. The van der Waals surface area contributed by atoms with E-state index in [4.69, 9.17) is 4.74 Å². The van der Waals surface area contributed by atoms with Crippen molar-refractivity contribution in [3.63, 3.8) is 0 Å². The van der Waals surface area contributed by atoms with Crippen molar-refractivity contribution in [2.24, 2.45) is 0 Å². The summed E-state index contributed by atoms with van der Waals surface area (Å²) in [6.07, 6.45) is -0.828. The minimum absolute atomic E-state index is 0.0802. The van der Waals surface area contributed by atoms with Gasteiger partial charge < -0.3 is 9.84 Å². The van der Waals surface area contributed by atoms with Crippen molar-refractivity contribution in [1.82, 2.24) is 9.78 Å². The Morgan fingerprint density at radius 1 is 1.00 bits per heavy atom. The first-order valence-electron chi connectivity index (χ1n) is 9.06. The SMILES string of the molecule is O=c1c2ccccc2c(-c2cccs2)nn1C[C@H](O)COCc1ccccc1. The molecule has 2 aromatic heterocycles. The fourth-order valence-corrected chi connectivity index (χ4v) is 3.82. The van der Waals surface area contributed by atoms with Gasteiger partial charge >= 0.3 is 0 Å². The second-order valence-electron chi connectivity index (χ2n) is 6.51. The maximum atomic E-state index is 12.8. The second-order valence-corrected chi connectivity index (χ2v) is 7.46. The summed E-state index contributed by atoms with van der Waals surface area (Å²) >= 11 is 1.57. The fraction of sp³-hybridized carbons (Fsp3) is 0.182. The normalized spacial score (nSPS) is 12.3. The summed E-state index contributed by atoms with van der Waals surface area (Å²) < 4.78 is 6.93. The lowest BCUT2D eigenvalue weighted by atomic mass is 10.1. The molecule has 1 N–H and O–H groups in total. The van der Waals surface area contributed by atoms with Crippen molar-refractivity contribution < 1.29 is 9.84 Å². The molecule has 0 aliphatic rings. The highest BCUT2D eigenvalue weighted by molar-refractivity contribution is 7.13. The molecule has 0 amide bonds. The van der Waals surface area contributed by atoms with Crippen LogP contribution in [0.3, 0.4) is 0 Å². The van der Waals surface area contributed by atoms with Crippen LogP contribution in [0.1, 0.15) is 5.56 Å². The first-order valence-corrected chi connectivity index (χ1v) is 9.94. The molecule has 142 valence electrons. The van der Waals surface area contributed by atoms with E-state index in [1.165, 1.54) is 4.68 Å². The highest BCUT2D eigenvalue weighted by Gasteiger charge is 2.15. The number of fused-ring (bicyclic) bond motifs is 1. The summed E-state index contributed by atoms with van der Waals surface area (Å²) in [5, 5.41) is 18.3. The van der Waals surface area contributed by atoms with Gasteiger partial charge in [0.2, 0.25) is 0 Å². The van der Waals surface area contributed by atoms with Gasteiger partial charge in [0, 0.05) is 5.39 Å². The van der Waals surface area contributed by atoms with Crippen molar-refractivity contribution in [2.45, 2.75) is 19.3 Å². The van der Waals surface area contributed by atoms with E-state index in [1.54, 1.807) is 17.4 Å². The molecule has 4 aromatic rings. The summed E-state index contributed by atoms with van der Waals surface area (Å²) in [5.41, 5.74) is 1.58. The molecular weight excluding hydrogens is 372 g/mol. The van der Waals surface area contributed by atoms with E-state index in [2.05, 4.69) is 5.10 Å². The third-order valence-corrected chi connectivity index (χ3v) is 5.30. The van der Waals surface area contributed by atoms with Gasteiger partial charge in [-0.15, -0.1) is 11.3 Å². The van der Waals surface area contributed by atoms with E-state index in [9.17, 15) is 9.90 Å². The smallest absolute Gasteiger partial charge is 0.274 e. The molecule has 4 rings (SSSR count). The number of thiophene rings is 1. The van der Waals surface area contributed by atoms with Gasteiger partial charge in [-0.1, -0.05) is 54.6 Å². The minimum atomic E-state index is -0.828. The number of benzene rings is 2. The number of hydrogen-bond acceptors (Lipinski definition) is 5. The van der Waals surface area contributed by atoms with Gasteiger partial charge in [0.05, 0.1) is 36.1 Å². The van der Waals surface area contributed by atoms with Crippen LogP contribution in [0.4, 0.5) is 0 Å². The fourth-order valence-electron chi connectivity index (χ4n) is 3.09. The third kappa shape index (κ3) is 4.04. The Hall–Kier alpha value is -2.80. The molecule has 0 aliphatic heterocycles. The summed E-state index contributed by atoms with van der Waals surface area (Å²) in [6.45, 7) is 0.624. The zero-order valence-corrected chi connectivity index (χ0v) is 16.0. The third-order valence-electron chi connectivity index (χ3n) is 4.43. The summed E-state index contributed by atoms with van der Waals surface area (Å²) in [5.74, 6) is 0. The average Bonchev–Trinajstić information content (AvgIpc) is 3.26. The Labute approximate surface area is 166 Å². The molecule has 0 spiro atoms. The van der Waals surface area contributed by atoms with Crippen LogP contribution >= 0.6 is 11.3 Å². The van der Waals surface area contributed by atoms with Crippen LogP contribution in [0.25, 0.3) is 21.3 Å². The predicted molar refractivity (Wildman–Crippen MR) is 111 cm³/mol. The lowest BCUT2D eigenvalue weighted by Crippen LogP contribution is -2.31. The minimum Gasteiger partial charge on any atom is -0.389 e. The van der Waals surface area contributed by atoms with Crippen LogP contribution in [0.5, 0.6) is 0 Å². The highest BCUT2D eigenvalue weighted by atomic mass is 32.1. The quantitative estimate of drug-likeness (QED) is 0.521. The topological polar surface area (TPSA) is 64.4 Å². The molecule has 0 saturated heterocycles. The number of aromatic nitrogens is 2. The summed E-state index contributed by atoms with van der Waals surface area (Å²) in [4.78, 5) is 13.8. The van der Waals surface area contributed by atoms with Gasteiger partial charge in [-0.25, -0.2) is 4.68 Å². The molecule has 0 aliphatic carbocycles. The van der Waals surface area contributed by atoms with Gasteiger partial charge in [0.1, 0.15) is 5.69 Å². The van der Waals surface area contributed by atoms with Crippen molar-refractivity contribution in [2.75, 3.05) is 6.61 Å². The predicted octanol–water partition coefficient (Wildman–Crippen LogP) is 3.70. The van der Waals surface area contributed by atoms with Gasteiger partial charge in [0.25, 0.3) is 5.56 Å². The van der Waals surface area contributed by atoms with Crippen LogP contribution in [0, 0.1) is 0 Å². The molecule has 0 saturated carbocycles. The van der Waals surface area contributed by atoms with E-state index in [0.29, 0.717) is 12.0 Å². The number of nitrogens with zero attached hydrogens (tertiary/aromatic N) is 2. The summed E-state index contributed by atoms with van der Waals surface area (Å²) in [7, 11) is 0. The van der Waals surface area contributed by atoms with Crippen LogP contribution in [-0.2, 0) is 17.9 Å². The first kappa shape index (κ1) is 18.6. The maximum Gasteiger partial charge on any atom is 0.274 e. The van der Waals surface area contributed by atoms with Crippen molar-refractivity contribution in [3.05, 3.63) is 88.0 Å². The Balaban J connectivity index is 1.55. The Morgan fingerprint density at radius 3 is 2.50 bits per heavy atom. The van der Waals surface area contributed by atoms with Gasteiger partial charge in [-0.2, -0.15) is 5.10 Å². The van der Waals surface area contributed by atoms with E-state index in [-0.39, 0.29) is 18.7 Å². The second kappa shape index (κ2) is 8.48. The number of hydrogen-bond donors (Lipinski definition) is 1. The summed E-state index contributed by atoms with van der Waals surface area (Å²) in [6, 6.07) is 21.1. The largest absolute Gasteiger partial charge is 0.389 e. The van der Waals surface area contributed by atoms with Crippen molar-refractivity contribution >= 4 is 22.1 Å². The van der Waals surface area contributed by atoms with Crippen LogP contribution in [0.15, 0.2) is 76.9 Å². The maximum absolute atomic E-state index is 12.8. The van der Waals surface area contributed by atoms with E-state index in [1.807, 2.05) is 66.0 Å². The molecule has 0 fully saturated rings. The van der Waals surface area contributed by atoms with Crippen molar-refractivity contribution in [3.8, 4) is 10.6 Å². The van der Waals surface area contributed by atoms with E-state index < -0.39 is 6.10 Å². The standard InChI is InChI=1S/C22H20N2O3S/c25-17(15-27-14-16-7-2-1-3-8-16)13-24-22(26)19-10-5-4-9-18(19)21(23-24)20-11-6-12-28-20/h1-12,17,25H,13-15H2/t17-/m0/s1. The van der Waals surface area contributed by atoms with E-state index in [0.717, 1.165) is 21.5 Å². The zero-order chi connectivity index (χ0) is 19.3. The number of rotatable bonds is 7. The monoisotopic (exact) mass is 392 g/mol. The molecule has 6 heteroatoms. The molecule has 0 unspecified atom stereocenters. The van der Waals surface area contributed by atoms with Gasteiger partial charge in [0.15, 0.2) is 0 Å². The number of aliphatic hydroxyl groups excluding tert-OH is 1. The number of ether oxygens (including phenoxy) is 1. The van der Waals surface area contributed by atoms with Crippen molar-refractivity contribution in [1.29, 1.82) is 0 Å². The molecule has 0 bridgehead atoms. The molecule has 2 heterocycles. The van der Waals surface area contributed by atoms with Crippen LogP contribution in [-0.4, -0.2) is 27.6 Å².